The van der Waals surface area contributed by atoms with E-state index in [2.05, 4.69) is 36.3 Å². The number of rotatable bonds is 2. The Labute approximate surface area is 294 Å². The molecule has 10 nitrogen and oxygen atoms in total. The molecule has 6 bridgehead atoms. The Morgan fingerprint density at radius 3 is 2.30 bits per heavy atom. The minimum Gasteiger partial charge on any atom is -0.490 e. The highest BCUT2D eigenvalue weighted by atomic mass is 19.1. The number of piperidine rings is 1. The molecule has 0 atom stereocenters. The molecule has 3 N–H and O–H groups in total. The molecule has 50 heavy (non-hydrogen) atoms. The second-order valence-electron chi connectivity index (χ2n) is 14.0. The number of nitrogens with zero attached hydrogens (tertiary/aromatic N) is 3. The number of benzene rings is 2. The van der Waals surface area contributed by atoms with Gasteiger partial charge in [-0.3, -0.25) is 9.20 Å². The molecule has 1 saturated heterocycles. The van der Waals surface area contributed by atoms with E-state index in [9.17, 15) is 5.11 Å². The van der Waals surface area contributed by atoms with Gasteiger partial charge < -0.3 is 34.4 Å². The summed E-state index contributed by atoms with van der Waals surface area (Å²) in [4.78, 5) is 15.9. The van der Waals surface area contributed by atoms with Crippen molar-refractivity contribution in [2.45, 2.75) is 85.5 Å². The first-order valence-corrected chi connectivity index (χ1v) is 17.2. The van der Waals surface area contributed by atoms with E-state index < -0.39 is 5.60 Å². The molecule has 11 heteroatoms. The van der Waals surface area contributed by atoms with Crippen molar-refractivity contribution in [1.29, 1.82) is 0 Å². The minimum absolute atomic E-state index is 0.0949. The summed E-state index contributed by atoms with van der Waals surface area (Å²) < 4.78 is 35.9. The Balaban J connectivity index is 0.000000637. The lowest BCUT2D eigenvalue weighted by molar-refractivity contribution is -0.122. The number of pyridine rings is 1. The SMILES string of the molecule is CC(C)(C)O.CCc1c(C)c(CO)c2nc3cn2c1N1CCC(C)(CC1)OCCOCCOc1cc(C)cc(F)c1-c1cccc-3c1.O=CO. The number of hydrogen-bond donors (Lipinski definition) is 3. The number of aliphatic hydroxyl groups is 2. The van der Waals surface area contributed by atoms with Gasteiger partial charge in [-0.15, -0.1) is 0 Å². The van der Waals surface area contributed by atoms with Gasteiger partial charge in [-0.05, 0) is 101 Å². The van der Waals surface area contributed by atoms with Crippen LogP contribution in [-0.4, -0.2) is 81.9 Å². The molecule has 2 aromatic carbocycles. The van der Waals surface area contributed by atoms with Crippen LogP contribution >= 0.6 is 0 Å². The quantitative estimate of drug-likeness (QED) is 0.155. The first-order valence-electron chi connectivity index (χ1n) is 17.2. The van der Waals surface area contributed by atoms with Crippen molar-refractivity contribution < 1.29 is 38.7 Å². The lowest BCUT2D eigenvalue weighted by Gasteiger charge is -2.41. The van der Waals surface area contributed by atoms with E-state index in [1.807, 2.05) is 37.3 Å². The van der Waals surface area contributed by atoms with Crippen molar-refractivity contribution in [3.05, 3.63) is 70.7 Å². The molecule has 0 saturated carbocycles. The molecular weight excluding hydrogens is 641 g/mol. The number of hydrogen-bond acceptors (Lipinski definition) is 8. The predicted octanol–water partition coefficient (Wildman–Crippen LogP) is 6.74. The van der Waals surface area contributed by atoms with Crippen LogP contribution in [0.5, 0.6) is 5.75 Å². The molecule has 272 valence electrons. The lowest BCUT2D eigenvalue weighted by atomic mass is 9.92. The third kappa shape index (κ3) is 9.39. The summed E-state index contributed by atoms with van der Waals surface area (Å²) >= 11 is 0. The van der Waals surface area contributed by atoms with Gasteiger partial charge in [0.1, 0.15) is 29.6 Å². The van der Waals surface area contributed by atoms with Crippen LogP contribution < -0.4 is 9.64 Å². The van der Waals surface area contributed by atoms with Crippen molar-refractivity contribution in [1.82, 2.24) is 9.38 Å². The Hall–Kier alpha value is -4.03. The third-order valence-electron chi connectivity index (χ3n) is 8.82. The average Bonchev–Trinajstić information content (AvgIpc) is 3.48. The van der Waals surface area contributed by atoms with Crippen LogP contribution in [0.4, 0.5) is 10.2 Å². The van der Waals surface area contributed by atoms with Gasteiger partial charge in [0.2, 0.25) is 0 Å². The maximum absolute atomic E-state index is 15.5. The maximum atomic E-state index is 15.5. The summed E-state index contributed by atoms with van der Waals surface area (Å²) in [6.07, 6.45) is 4.69. The third-order valence-corrected chi connectivity index (χ3v) is 8.82. The molecule has 4 aromatic rings. The zero-order chi connectivity index (χ0) is 36.6. The van der Waals surface area contributed by atoms with Crippen molar-refractivity contribution >= 4 is 17.9 Å². The fraction of sp³-hybridized carbons (Fsp3) is 0.487. The number of fused-ring (bicyclic) bond motifs is 8. The van der Waals surface area contributed by atoms with Crippen molar-refractivity contribution in [2.24, 2.45) is 0 Å². The molecule has 0 amide bonds. The zero-order valence-electron chi connectivity index (χ0n) is 30.4. The van der Waals surface area contributed by atoms with Crippen molar-refractivity contribution in [3.63, 3.8) is 0 Å². The summed E-state index contributed by atoms with van der Waals surface area (Å²) in [6, 6.07) is 11.2. The van der Waals surface area contributed by atoms with E-state index in [0.717, 1.165) is 71.8 Å². The Morgan fingerprint density at radius 2 is 1.66 bits per heavy atom. The van der Waals surface area contributed by atoms with Gasteiger partial charge in [-0.1, -0.05) is 25.1 Å². The van der Waals surface area contributed by atoms with Crippen LogP contribution in [0.1, 0.15) is 69.7 Å². The number of carboxylic acid groups (broad SMARTS) is 1. The lowest BCUT2D eigenvalue weighted by Crippen LogP contribution is -2.45. The fourth-order valence-electron chi connectivity index (χ4n) is 6.45. The van der Waals surface area contributed by atoms with E-state index in [4.69, 9.17) is 34.2 Å². The Bertz CT molecular complexity index is 1750. The average molecular weight is 694 g/mol. The molecule has 7 rings (SSSR count). The summed E-state index contributed by atoms with van der Waals surface area (Å²) in [5.74, 6) is 1.27. The van der Waals surface area contributed by atoms with Gasteiger partial charge in [0.05, 0.1) is 48.9 Å². The monoisotopic (exact) mass is 693 g/mol. The molecule has 2 aromatic heterocycles. The molecule has 0 aliphatic carbocycles. The van der Waals surface area contributed by atoms with Crippen LogP contribution in [0, 0.1) is 19.7 Å². The van der Waals surface area contributed by atoms with Crippen molar-refractivity contribution in [2.75, 3.05) is 44.4 Å². The minimum atomic E-state index is -0.500. The van der Waals surface area contributed by atoms with Gasteiger partial charge in [-0.2, -0.15) is 0 Å². The largest absolute Gasteiger partial charge is 0.490 e. The molecule has 0 unspecified atom stereocenters. The molecular formula is C39H52FN3O7. The predicted molar refractivity (Wildman–Crippen MR) is 194 cm³/mol. The molecule has 5 heterocycles. The van der Waals surface area contributed by atoms with Crippen LogP contribution in [0.2, 0.25) is 0 Å². The second kappa shape index (κ2) is 16.8. The zero-order valence-corrected chi connectivity index (χ0v) is 30.4. The van der Waals surface area contributed by atoms with Crippen LogP contribution in [0.15, 0.2) is 42.6 Å². The van der Waals surface area contributed by atoms with Crippen LogP contribution in [0.25, 0.3) is 28.0 Å². The van der Waals surface area contributed by atoms with Gasteiger partial charge in [0.25, 0.3) is 6.47 Å². The normalized spacial score (nSPS) is 16.0. The fourth-order valence-corrected chi connectivity index (χ4v) is 6.45. The summed E-state index contributed by atoms with van der Waals surface area (Å²) in [6.45, 7) is 16.6. The van der Waals surface area contributed by atoms with Crippen molar-refractivity contribution in [3.8, 4) is 28.1 Å². The van der Waals surface area contributed by atoms with Crippen LogP contribution in [0.3, 0.4) is 0 Å². The smallest absolute Gasteiger partial charge is 0.290 e. The van der Waals surface area contributed by atoms with Gasteiger partial charge in [-0.25, -0.2) is 9.37 Å². The summed E-state index contributed by atoms with van der Waals surface area (Å²) in [7, 11) is 0. The number of aliphatic hydroxyl groups excluding tert-OH is 1. The second-order valence-corrected chi connectivity index (χ2v) is 14.0. The van der Waals surface area contributed by atoms with E-state index in [1.165, 1.54) is 11.6 Å². The van der Waals surface area contributed by atoms with Crippen LogP contribution in [-0.2, 0) is 27.3 Å². The molecule has 0 radical (unpaired) electrons. The number of aromatic nitrogens is 2. The number of imidazole rings is 1. The molecule has 0 spiro atoms. The first kappa shape index (κ1) is 38.8. The molecule has 3 aliphatic heterocycles. The van der Waals surface area contributed by atoms with Gasteiger partial charge in [0.15, 0.2) is 0 Å². The maximum Gasteiger partial charge on any atom is 0.290 e. The van der Waals surface area contributed by atoms with E-state index >= 15 is 4.39 Å². The topological polar surface area (TPSA) is 126 Å². The first-order chi connectivity index (χ1) is 23.7. The van der Waals surface area contributed by atoms with E-state index in [-0.39, 0.29) is 24.5 Å². The number of carbonyl (C=O) groups is 1. The van der Waals surface area contributed by atoms with E-state index in [1.54, 1.807) is 20.8 Å². The number of ether oxygens (including phenoxy) is 3. The number of aryl methyl sites for hydroxylation is 1. The highest BCUT2D eigenvalue weighted by Crippen LogP contribution is 2.39. The number of anilines is 1. The number of halogens is 1. The Morgan fingerprint density at radius 1 is 1.02 bits per heavy atom. The summed E-state index contributed by atoms with van der Waals surface area (Å²) in [5, 5.41) is 25.9. The summed E-state index contributed by atoms with van der Waals surface area (Å²) in [5.41, 5.74) is 6.71. The highest BCUT2D eigenvalue weighted by molar-refractivity contribution is 5.78. The standard InChI is InChI=1S/C34H40FN3O4.C4H10O.CH2O2/c1-5-26-23(3)27(21-39)32-36-29-20-38(32)33(26)37-11-9-34(4,10-12-37)42-16-14-40-13-15-41-30-18-22(2)17-28(35)31(30)25-8-6-7-24(29)19-25;1-4(2,3)5;2-1-3/h6-8,17-20,39H,5,9-16,21H2,1-4H3;5H,1-3H3;1H,(H,2,3). The highest BCUT2D eigenvalue weighted by Gasteiger charge is 2.33. The molecule has 3 aliphatic rings. The van der Waals surface area contributed by atoms with Gasteiger partial charge in [0, 0.05) is 30.4 Å². The van der Waals surface area contributed by atoms with Gasteiger partial charge >= 0.3 is 0 Å². The van der Waals surface area contributed by atoms with E-state index in [0.29, 0.717) is 43.3 Å². The molecule has 1 fully saturated rings. The Kier molecular flexibility index (Phi) is 13.0.